The highest BCUT2D eigenvalue weighted by Gasteiger charge is 2.07. The van der Waals surface area contributed by atoms with E-state index in [4.69, 9.17) is 10.8 Å². The van der Waals surface area contributed by atoms with Crippen LogP contribution < -0.4 is 5.73 Å². The number of aliphatic hydroxyl groups excluding tert-OH is 1. The molecule has 0 amide bonds. The number of halogens is 1. The van der Waals surface area contributed by atoms with E-state index in [1.165, 1.54) is 6.07 Å². The second-order valence-electron chi connectivity index (χ2n) is 4.23. The molecule has 0 spiro atoms. The van der Waals surface area contributed by atoms with Crippen molar-refractivity contribution >= 4 is 5.69 Å². The first-order chi connectivity index (χ1) is 7.49. The molecule has 3 N–H and O–H groups in total. The lowest BCUT2D eigenvalue weighted by Gasteiger charge is -2.18. The smallest absolute Gasteiger partial charge is 0.129 e. The summed E-state index contributed by atoms with van der Waals surface area (Å²) in [7, 11) is 1.90. The number of nitrogens with two attached hydrogens (primary N) is 1. The van der Waals surface area contributed by atoms with Crippen molar-refractivity contribution in [2.45, 2.75) is 26.0 Å². The normalized spacial score (nSPS) is 13.1. The van der Waals surface area contributed by atoms with Gasteiger partial charge in [0.2, 0.25) is 0 Å². The van der Waals surface area contributed by atoms with Crippen LogP contribution in [0, 0.1) is 5.82 Å². The van der Waals surface area contributed by atoms with Crippen LogP contribution in [0.3, 0.4) is 0 Å². The van der Waals surface area contributed by atoms with Gasteiger partial charge < -0.3 is 15.7 Å². The Morgan fingerprint density at radius 1 is 1.50 bits per heavy atom. The van der Waals surface area contributed by atoms with E-state index in [2.05, 4.69) is 0 Å². The lowest BCUT2D eigenvalue weighted by molar-refractivity contribution is 0.162. The molecule has 0 aliphatic carbocycles. The lowest BCUT2D eigenvalue weighted by atomic mass is 10.1. The molecule has 1 atom stereocenters. The predicted octanol–water partition coefficient (Wildman–Crippen LogP) is 1.61. The van der Waals surface area contributed by atoms with Crippen LogP contribution >= 0.6 is 0 Å². The molecule has 1 aromatic carbocycles. The maximum atomic E-state index is 13.5. The van der Waals surface area contributed by atoms with Crippen LogP contribution in [0.2, 0.25) is 0 Å². The molecule has 0 bridgehead atoms. The first-order valence-corrected chi connectivity index (χ1v) is 5.39. The number of nitrogens with zero attached hydrogens (tertiary/aromatic N) is 1. The third-order valence-corrected chi connectivity index (χ3v) is 2.45. The highest BCUT2D eigenvalue weighted by Crippen LogP contribution is 2.13. The van der Waals surface area contributed by atoms with E-state index < -0.39 is 0 Å². The Kier molecular flexibility index (Phi) is 4.71. The number of aliphatic hydroxyl groups is 1. The molecule has 0 radical (unpaired) electrons. The van der Waals surface area contributed by atoms with Gasteiger partial charge in [-0.3, -0.25) is 0 Å². The van der Waals surface area contributed by atoms with Crippen molar-refractivity contribution in [2.75, 3.05) is 19.3 Å². The molecule has 0 heterocycles. The second-order valence-corrected chi connectivity index (χ2v) is 4.23. The molecule has 0 saturated carbocycles. The molecule has 0 fully saturated rings. The standard InChI is InChI=1S/C12H19FN2O/c1-9(16)5-6-15(2)8-10-3-4-11(14)7-12(10)13/h3-4,7,9,16H,5-6,8,14H2,1-2H3. The average molecular weight is 226 g/mol. The van der Waals surface area contributed by atoms with E-state index in [0.29, 0.717) is 24.2 Å². The topological polar surface area (TPSA) is 49.5 Å². The van der Waals surface area contributed by atoms with E-state index in [1.807, 2.05) is 11.9 Å². The van der Waals surface area contributed by atoms with Crippen LogP contribution in [0.25, 0.3) is 0 Å². The van der Waals surface area contributed by atoms with Crippen molar-refractivity contribution in [3.05, 3.63) is 29.6 Å². The summed E-state index contributed by atoms with van der Waals surface area (Å²) in [6.07, 6.45) is 0.367. The zero-order valence-corrected chi connectivity index (χ0v) is 9.78. The molecular formula is C12H19FN2O. The second kappa shape index (κ2) is 5.82. The Hall–Kier alpha value is -1.13. The van der Waals surface area contributed by atoms with E-state index in [1.54, 1.807) is 19.1 Å². The summed E-state index contributed by atoms with van der Waals surface area (Å²) >= 11 is 0. The SMILES string of the molecule is CC(O)CCN(C)Cc1ccc(N)cc1F. The van der Waals surface area contributed by atoms with Gasteiger partial charge >= 0.3 is 0 Å². The molecule has 90 valence electrons. The number of hydrogen-bond donors (Lipinski definition) is 2. The average Bonchev–Trinajstić information content (AvgIpc) is 2.19. The Bertz CT molecular complexity index is 342. The third kappa shape index (κ3) is 4.16. The number of rotatable bonds is 5. The maximum absolute atomic E-state index is 13.5. The Balaban J connectivity index is 2.52. The fourth-order valence-electron chi connectivity index (χ4n) is 1.47. The van der Waals surface area contributed by atoms with E-state index >= 15 is 0 Å². The maximum Gasteiger partial charge on any atom is 0.129 e. The molecule has 0 aromatic heterocycles. The minimum atomic E-state index is -0.321. The van der Waals surface area contributed by atoms with Crippen molar-refractivity contribution < 1.29 is 9.50 Å². The summed E-state index contributed by atoms with van der Waals surface area (Å²) in [6, 6.07) is 4.72. The van der Waals surface area contributed by atoms with Crippen molar-refractivity contribution in [3.63, 3.8) is 0 Å². The van der Waals surface area contributed by atoms with Crippen LogP contribution in [0.5, 0.6) is 0 Å². The fourth-order valence-corrected chi connectivity index (χ4v) is 1.47. The predicted molar refractivity (Wildman–Crippen MR) is 63.4 cm³/mol. The Morgan fingerprint density at radius 3 is 2.75 bits per heavy atom. The van der Waals surface area contributed by atoms with E-state index in [-0.39, 0.29) is 11.9 Å². The first-order valence-electron chi connectivity index (χ1n) is 5.39. The zero-order chi connectivity index (χ0) is 12.1. The van der Waals surface area contributed by atoms with Gasteiger partial charge in [-0.25, -0.2) is 4.39 Å². The summed E-state index contributed by atoms with van der Waals surface area (Å²) in [6.45, 7) is 3.01. The molecule has 16 heavy (non-hydrogen) atoms. The van der Waals surface area contributed by atoms with Gasteiger partial charge in [0.15, 0.2) is 0 Å². The van der Waals surface area contributed by atoms with Crippen LogP contribution in [0.1, 0.15) is 18.9 Å². The monoisotopic (exact) mass is 226 g/mol. The molecule has 0 aliphatic heterocycles. The fraction of sp³-hybridized carbons (Fsp3) is 0.500. The molecule has 0 saturated heterocycles. The molecule has 1 unspecified atom stereocenters. The lowest BCUT2D eigenvalue weighted by Crippen LogP contribution is -2.22. The minimum Gasteiger partial charge on any atom is -0.399 e. The first kappa shape index (κ1) is 12.9. The highest BCUT2D eigenvalue weighted by atomic mass is 19.1. The van der Waals surface area contributed by atoms with Gasteiger partial charge in [-0.15, -0.1) is 0 Å². The van der Waals surface area contributed by atoms with Crippen LogP contribution in [-0.2, 0) is 6.54 Å². The number of nitrogen functional groups attached to an aromatic ring is 1. The van der Waals surface area contributed by atoms with Gasteiger partial charge in [0.1, 0.15) is 5.82 Å². The molecule has 0 aliphatic rings. The van der Waals surface area contributed by atoms with Crippen LogP contribution in [0.4, 0.5) is 10.1 Å². The van der Waals surface area contributed by atoms with Crippen molar-refractivity contribution in [2.24, 2.45) is 0 Å². The molecule has 1 rings (SSSR count). The molecular weight excluding hydrogens is 207 g/mol. The van der Waals surface area contributed by atoms with Gasteiger partial charge in [0.05, 0.1) is 6.10 Å². The van der Waals surface area contributed by atoms with Gasteiger partial charge in [-0.2, -0.15) is 0 Å². The van der Waals surface area contributed by atoms with Gasteiger partial charge in [-0.05, 0) is 32.5 Å². The third-order valence-electron chi connectivity index (χ3n) is 2.45. The Labute approximate surface area is 95.7 Å². The number of benzene rings is 1. The van der Waals surface area contributed by atoms with Crippen molar-refractivity contribution in [1.29, 1.82) is 0 Å². The number of anilines is 1. The molecule has 1 aromatic rings. The quantitative estimate of drug-likeness (QED) is 0.750. The number of hydrogen-bond acceptors (Lipinski definition) is 3. The Morgan fingerprint density at radius 2 is 2.19 bits per heavy atom. The van der Waals surface area contributed by atoms with Crippen molar-refractivity contribution in [1.82, 2.24) is 4.90 Å². The summed E-state index contributed by atoms with van der Waals surface area (Å²) < 4.78 is 13.5. The zero-order valence-electron chi connectivity index (χ0n) is 9.78. The van der Waals surface area contributed by atoms with Crippen molar-refractivity contribution in [3.8, 4) is 0 Å². The minimum absolute atomic E-state index is 0.274. The summed E-state index contributed by atoms with van der Waals surface area (Å²) in [4.78, 5) is 1.97. The summed E-state index contributed by atoms with van der Waals surface area (Å²) in [5.41, 5.74) is 6.54. The van der Waals surface area contributed by atoms with Gasteiger partial charge in [0.25, 0.3) is 0 Å². The van der Waals surface area contributed by atoms with Crippen LogP contribution in [0.15, 0.2) is 18.2 Å². The van der Waals surface area contributed by atoms with E-state index in [0.717, 1.165) is 6.54 Å². The molecule has 4 heteroatoms. The molecule has 3 nitrogen and oxygen atoms in total. The van der Waals surface area contributed by atoms with Gasteiger partial charge in [-0.1, -0.05) is 6.07 Å². The van der Waals surface area contributed by atoms with E-state index in [9.17, 15) is 4.39 Å². The summed E-state index contributed by atoms with van der Waals surface area (Å²) in [5, 5.41) is 9.14. The summed E-state index contributed by atoms with van der Waals surface area (Å²) in [5.74, 6) is -0.274. The highest BCUT2D eigenvalue weighted by molar-refractivity contribution is 5.40. The van der Waals surface area contributed by atoms with Gasteiger partial charge in [0, 0.05) is 24.3 Å². The largest absolute Gasteiger partial charge is 0.399 e. The van der Waals surface area contributed by atoms with Crippen LogP contribution in [-0.4, -0.2) is 29.7 Å².